The van der Waals surface area contributed by atoms with E-state index in [-0.39, 0.29) is 17.8 Å². The van der Waals surface area contributed by atoms with E-state index < -0.39 is 0 Å². The molecule has 0 saturated heterocycles. The molecule has 3 saturated carbocycles. The lowest BCUT2D eigenvalue weighted by molar-refractivity contribution is -0.144. The quantitative estimate of drug-likeness (QED) is 0.218. The zero-order valence-electron chi connectivity index (χ0n) is 24.6. The molecule has 0 aromatic heterocycles. The van der Waals surface area contributed by atoms with Gasteiger partial charge in [-0.25, -0.2) is 4.79 Å². The van der Waals surface area contributed by atoms with Crippen LogP contribution in [0.25, 0.3) is 6.08 Å². The Balaban J connectivity index is 1.23. The van der Waals surface area contributed by atoms with Crippen molar-refractivity contribution in [1.29, 1.82) is 0 Å². The first-order valence-electron chi connectivity index (χ1n) is 15.4. The number of aromatic hydroxyl groups is 1. The zero-order valence-corrected chi connectivity index (χ0v) is 24.6. The maximum absolute atomic E-state index is 12.5. The Bertz CT molecular complexity index is 1150. The molecule has 1 N–H and O–H groups in total. The minimum atomic E-state index is -0.282. The van der Waals surface area contributed by atoms with Gasteiger partial charge >= 0.3 is 5.97 Å². The second kappa shape index (κ2) is 11.5. The predicted molar refractivity (Wildman–Crippen MR) is 160 cm³/mol. The summed E-state index contributed by atoms with van der Waals surface area (Å²) in [6.07, 6.45) is 21.4. The minimum Gasteiger partial charge on any atom is -0.508 e. The number of esters is 1. The van der Waals surface area contributed by atoms with Crippen molar-refractivity contribution in [1.82, 2.24) is 0 Å². The van der Waals surface area contributed by atoms with Crippen molar-refractivity contribution in [3.05, 3.63) is 71.4 Å². The smallest absolute Gasteiger partial charge is 0.331 e. The van der Waals surface area contributed by atoms with Gasteiger partial charge in [-0.05, 0) is 109 Å². The van der Waals surface area contributed by atoms with Crippen LogP contribution in [0.5, 0.6) is 5.75 Å². The maximum Gasteiger partial charge on any atom is 0.331 e. The lowest BCUT2D eigenvalue weighted by Crippen LogP contribution is -2.42. The molecular weight excluding hydrogens is 480 g/mol. The largest absolute Gasteiger partial charge is 0.508 e. The van der Waals surface area contributed by atoms with Crippen molar-refractivity contribution in [2.75, 3.05) is 0 Å². The maximum atomic E-state index is 12.5. The Hall–Kier alpha value is -2.55. The first-order chi connectivity index (χ1) is 18.7. The van der Waals surface area contributed by atoms with Crippen molar-refractivity contribution in [3.63, 3.8) is 0 Å². The molecule has 3 fully saturated rings. The molecule has 1 aromatic carbocycles. The molecule has 0 amide bonds. The molecule has 0 aliphatic heterocycles. The van der Waals surface area contributed by atoms with Crippen LogP contribution in [0.3, 0.4) is 0 Å². The third-order valence-electron chi connectivity index (χ3n) is 10.9. The van der Waals surface area contributed by atoms with Crippen LogP contribution in [0.4, 0.5) is 0 Å². The molecule has 8 unspecified atom stereocenters. The fraction of sp³-hybridized carbons (Fsp3) is 0.583. The highest BCUT2D eigenvalue weighted by atomic mass is 16.5. The normalized spacial score (nSPS) is 33.7. The molecule has 0 bridgehead atoms. The van der Waals surface area contributed by atoms with Crippen LogP contribution in [-0.2, 0) is 9.53 Å². The molecule has 39 heavy (non-hydrogen) atoms. The average molecular weight is 529 g/mol. The monoisotopic (exact) mass is 528 g/mol. The predicted octanol–water partition coefficient (Wildman–Crippen LogP) is 8.91. The number of phenols is 1. The van der Waals surface area contributed by atoms with E-state index in [0.717, 1.165) is 36.7 Å². The number of fused-ring (bicyclic) bond motifs is 5. The molecule has 4 aliphatic rings. The Kier molecular flexibility index (Phi) is 8.26. The van der Waals surface area contributed by atoms with Gasteiger partial charge in [0, 0.05) is 12.5 Å². The Morgan fingerprint density at radius 3 is 2.49 bits per heavy atom. The van der Waals surface area contributed by atoms with E-state index in [0.29, 0.717) is 35.0 Å². The summed E-state index contributed by atoms with van der Waals surface area (Å²) in [5.74, 6) is 4.72. The van der Waals surface area contributed by atoms with E-state index in [1.165, 1.54) is 37.3 Å². The summed E-state index contributed by atoms with van der Waals surface area (Å²) in [5.41, 5.74) is 4.51. The summed E-state index contributed by atoms with van der Waals surface area (Å²) in [7, 11) is 0. The molecule has 210 valence electrons. The third-order valence-corrected chi connectivity index (χ3v) is 10.9. The van der Waals surface area contributed by atoms with Gasteiger partial charge in [0.05, 0.1) is 0 Å². The molecule has 0 radical (unpaired) electrons. The Morgan fingerprint density at radius 1 is 0.974 bits per heavy atom. The zero-order chi connectivity index (χ0) is 27.7. The lowest BCUT2D eigenvalue weighted by atomic mass is 9.54. The fourth-order valence-electron chi connectivity index (χ4n) is 8.28. The minimum absolute atomic E-state index is 0.0370. The standard InChI is InChI=1S/C36H48O3/c1-23(2)24(3)6-7-25(4)33-17-18-34-32-15-11-27-22-29(14-16-30(27)31(32)20-21-36(33,34)5)39-35(38)19-10-26-8-12-28(37)13-9-26/h6-13,15,19,23-25,29-31,33-34,37H,14,16-18,20-22H2,1-5H3. The van der Waals surface area contributed by atoms with Crippen LogP contribution in [0.15, 0.2) is 65.8 Å². The van der Waals surface area contributed by atoms with Crippen molar-refractivity contribution in [2.24, 2.45) is 46.8 Å². The summed E-state index contributed by atoms with van der Waals surface area (Å²) in [6.45, 7) is 12.0. The molecular formula is C36H48O3. The molecule has 1 aromatic rings. The number of benzene rings is 1. The first-order valence-corrected chi connectivity index (χ1v) is 15.4. The summed E-state index contributed by atoms with van der Waals surface area (Å²) >= 11 is 0. The van der Waals surface area contributed by atoms with Crippen molar-refractivity contribution >= 4 is 12.0 Å². The third kappa shape index (κ3) is 5.83. The van der Waals surface area contributed by atoms with Crippen LogP contribution < -0.4 is 0 Å². The van der Waals surface area contributed by atoms with Crippen LogP contribution in [0.2, 0.25) is 0 Å². The molecule has 0 spiro atoms. The second-order valence-electron chi connectivity index (χ2n) is 13.5. The number of carbonyl (C=O) groups is 1. The Labute approximate surface area is 236 Å². The van der Waals surface area contributed by atoms with Crippen LogP contribution in [0, 0.1) is 46.8 Å². The SMILES string of the molecule is CC(C)C(C)C=CC(C)C1CCC2C3=CC=C4CC(OC(=O)C=Cc5ccc(O)cc5)CCC4C3CCC21C. The summed E-state index contributed by atoms with van der Waals surface area (Å²) in [5, 5.41) is 9.43. The van der Waals surface area contributed by atoms with Gasteiger partial charge < -0.3 is 9.84 Å². The van der Waals surface area contributed by atoms with Gasteiger partial charge in [0.25, 0.3) is 0 Å². The van der Waals surface area contributed by atoms with E-state index in [9.17, 15) is 9.90 Å². The van der Waals surface area contributed by atoms with Gasteiger partial charge in [0.1, 0.15) is 11.9 Å². The summed E-state index contributed by atoms with van der Waals surface area (Å²) < 4.78 is 5.86. The topological polar surface area (TPSA) is 46.5 Å². The average Bonchev–Trinajstić information content (AvgIpc) is 3.28. The molecule has 0 heterocycles. The molecule has 8 atom stereocenters. The van der Waals surface area contributed by atoms with Crippen LogP contribution >= 0.6 is 0 Å². The van der Waals surface area contributed by atoms with E-state index >= 15 is 0 Å². The van der Waals surface area contributed by atoms with E-state index in [1.807, 2.05) is 0 Å². The highest BCUT2D eigenvalue weighted by molar-refractivity contribution is 5.87. The molecule has 5 rings (SSSR count). The second-order valence-corrected chi connectivity index (χ2v) is 13.5. The molecule has 3 nitrogen and oxygen atoms in total. The van der Waals surface area contributed by atoms with Gasteiger partial charge in [-0.15, -0.1) is 0 Å². The van der Waals surface area contributed by atoms with E-state index in [1.54, 1.807) is 35.9 Å². The molecule has 3 heteroatoms. The number of allylic oxidation sites excluding steroid dienone is 5. The van der Waals surface area contributed by atoms with Crippen LogP contribution in [0.1, 0.15) is 85.1 Å². The summed E-state index contributed by atoms with van der Waals surface area (Å²) in [4.78, 5) is 12.5. The van der Waals surface area contributed by atoms with Gasteiger partial charge in [-0.3, -0.25) is 0 Å². The van der Waals surface area contributed by atoms with Gasteiger partial charge in [-0.2, -0.15) is 0 Å². The number of rotatable bonds is 7. The van der Waals surface area contributed by atoms with E-state index in [4.69, 9.17) is 4.74 Å². The number of ether oxygens (including phenoxy) is 1. The van der Waals surface area contributed by atoms with Crippen molar-refractivity contribution < 1.29 is 14.6 Å². The highest BCUT2D eigenvalue weighted by Gasteiger charge is 2.54. The van der Waals surface area contributed by atoms with E-state index in [2.05, 4.69) is 58.9 Å². The lowest BCUT2D eigenvalue weighted by Gasteiger charge is -2.51. The fourth-order valence-corrected chi connectivity index (χ4v) is 8.28. The molecule has 4 aliphatic carbocycles. The van der Waals surface area contributed by atoms with Gasteiger partial charge in [-0.1, -0.05) is 82.2 Å². The highest BCUT2D eigenvalue weighted by Crippen LogP contribution is 2.63. The summed E-state index contributed by atoms with van der Waals surface area (Å²) in [6, 6.07) is 6.81. The van der Waals surface area contributed by atoms with Gasteiger partial charge in [0.15, 0.2) is 0 Å². The number of carbonyl (C=O) groups excluding carboxylic acids is 1. The first kappa shape index (κ1) is 28.0. The number of hydrogen-bond acceptors (Lipinski definition) is 3. The Morgan fingerprint density at radius 2 is 1.74 bits per heavy atom. The van der Waals surface area contributed by atoms with Crippen molar-refractivity contribution in [2.45, 2.75) is 85.7 Å². The van der Waals surface area contributed by atoms with Crippen molar-refractivity contribution in [3.8, 4) is 5.75 Å². The number of phenolic OH excluding ortho intramolecular Hbond substituents is 1. The number of hydrogen-bond donors (Lipinski definition) is 1. The van der Waals surface area contributed by atoms with Gasteiger partial charge in [0.2, 0.25) is 0 Å². The van der Waals surface area contributed by atoms with Crippen LogP contribution in [-0.4, -0.2) is 17.2 Å².